The Morgan fingerprint density at radius 1 is 0.933 bits per heavy atom. The summed E-state index contributed by atoms with van der Waals surface area (Å²) in [5, 5.41) is 0. The van der Waals surface area contributed by atoms with Gasteiger partial charge in [-0.1, -0.05) is 24.6 Å². The monoisotopic (exact) mass is 431 g/mol. The Kier molecular flexibility index (Phi) is 9.34. The molecule has 2 aromatic rings. The second kappa shape index (κ2) is 11.7. The maximum absolute atomic E-state index is 12.9. The lowest BCUT2D eigenvalue weighted by molar-refractivity contribution is 0.0375. The summed E-state index contributed by atoms with van der Waals surface area (Å²) in [5.74, 6) is 0.0499. The molecule has 0 N–H and O–H groups in total. The average Bonchev–Trinajstić information content (AvgIpc) is 2.74. The summed E-state index contributed by atoms with van der Waals surface area (Å²) in [6, 6.07) is 13.8. The largest absolute Gasteiger partial charge is 0.492 e. The first kappa shape index (κ1) is 23.9. The minimum atomic E-state index is -0.485. The second-order valence-corrected chi connectivity index (χ2v) is 7.60. The molecular formula is C24H30ClNO4. The molecule has 3 rings (SSSR count). The van der Waals surface area contributed by atoms with Crippen molar-refractivity contribution in [2.75, 3.05) is 26.2 Å². The molecule has 2 aromatic carbocycles. The van der Waals surface area contributed by atoms with Crippen LogP contribution in [-0.4, -0.2) is 49.0 Å². The van der Waals surface area contributed by atoms with Gasteiger partial charge in [0.25, 0.3) is 0 Å². The fourth-order valence-electron chi connectivity index (χ4n) is 3.47. The highest BCUT2D eigenvalue weighted by Gasteiger charge is 2.20. The first-order valence-electron chi connectivity index (χ1n) is 10.3. The molecule has 1 saturated heterocycles. The lowest BCUT2D eigenvalue weighted by atomic mass is 9.98. The number of carbonyl (C=O) groups excluding carboxylic acids is 2. The quantitative estimate of drug-likeness (QED) is 0.445. The van der Waals surface area contributed by atoms with Crippen LogP contribution >= 0.6 is 12.4 Å². The van der Waals surface area contributed by atoms with Gasteiger partial charge in [0.1, 0.15) is 12.4 Å². The number of esters is 1. The van der Waals surface area contributed by atoms with E-state index in [9.17, 15) is 9.59 Å². The third-order valence-electron chi connectivity index (χ3n) is 4.98. The Morgan fingerprint density at radius 3 is 2.20 bits per heavy atom. The summed E-state index contributed by atoms with van der Waals surface area (Å²) >= 11 is 0. The number of carbonyl (C=O) groups is 2. The molecule has 0 unspecified atom stereocenters. The molecule has 5 nitrogen and oxygen atoms in total. The van der Waals surface area contributed by atoms with E-state index in [1.54, 1.807) is 62.4 Å². The van der Waals surface area contributed by atoms with E-state index in [-0.39, 0.29) is 29.9 Å². The number of hydrogen-bond acceptors (Lipinski definition) is 5. The normalized spacial score (nSPS) is 14.1. The molecule has 0 aromatic heterocycles. The van der Waals surface area contributed by atoms with E-state index in [2.05, 4.69) is 4.90 Å². The zero-order valence-electron chi connectivity index (χ0n) is 17.6. The van der Waals surface area contributed by atoms with E-state index in [4.69, 9.17) is 9.47 Å². The van der Waals surface area contributed by atoms with E-state index in [0.29, 0.717) is 17.7 Å². The molecule has 0 bridgehead atoms. The van der Waals surface area contributed by atoms with Crippen LogP contribution in [0.15, 0.2) is 48.5 Å². The zero-order chi connectivity index (χ0) is 20.6. The molecule has 1 heterocycles. The van der Waals surface area contributed by atoms with E-state index < -0.39 is 5.97 Å². The smallest absolute Gasteiger partial charge is 0.339 e. The molecule has 162 valence electrons. The first-order chi connectivity index (χ1) is 14.0. The van der Waals surface area contributed by atoms with Crippen molar-refractivity contribution < 1.29 is 19.1 Å². The summed E-state index contributed by atoms with van der Waals surface area (Å²) < 4.78 is 11.1. The molecule has 0 spiro atoms. The van der Waals surface area contributed by atoms with Gasteiger partial charge in [0.05, 0.1) is 11.7 Å². The number of ketones is 1. The van der Waals surface area contributed by atoms with E-state index in [1.807, 2.05) is 0 Å². The SMILES string of the molecule is CC(C)OC(=O)c1ccccc1C(=O)c1ccc(OCCN2CCCCC2)cc1.Cl. The number of hydrogen-bond donors (Lipinski definition) is 0. The average molecular weight is 432 g/mol. The number of piperidine rings is 1. The van der Waals surface area contributed by atoms with Gasteiger partial charge in [0.2, 0.25) is 0 Å². The van der Waals surface area contributed by atoms with Crippen LogP contribution in [0.5, 0.6) is 5.75 Å². The van der Waals surface area contributed by atoms with Gasteiger partial charge in [-0.15, -0.1) is 12.4 Å². The molecule has 1 aliphatic rings. The summed E-state index contributed by atoms with van der Waals surface area (Å²) in [5.41, 5.74) is 1.14. The van der Waals surface area contributed by atoms with Crippen molar-refractivity contribution in [3.8, 4) is 5.75 Å². The number of ether oxygens (including phenoxy) is 2. The third kappa shape index (κ3) is 6.57. The molecule has 0 radical (unpaired) electrons. The maximum atomic E-state index is 12.9. The van der Waals surface area contributed by atoms with E-state index in [1.165, 1.54) is 19.3 Å². The van der Waals surface area contributed by atoms with Gasteiger partial charge in [-0.05, 0) is 70.1 Å². The predicted octanol–water partition coefficient (Wildman–Crippen LogP) is 4.77. The molecule has 6 heteroatoms. The van der Waals surface area contributed by atoms with Crippen LogP contribution in [0, 0.1) is 0 Å². The Hall–Kier alpha value is -2.37. The molecule has 0 atom stereocenters. The van der Waals surface area contributed by atoms with Crippen molar-refractivity contribution >= 4 is 24.2 Å². The minimum Gasteiger partial charge on any atom is -0.492 e. The van der Waals surface area contributed by atoms with Gasteiger partial charge in [0.15, 0.2) is 5.78 Å². The highest BCUT2D eigenvalue weighted by atomic mass is 35.5. The number of nitrogens with zero attached hydrogens (tertiary/aromatic N) is 1. The van der Waals surface area contributed by atoms with Gasteiger partial charge < -0.3 is 9.47 Å². The Labute approximate surface area is 184 Å². The second-order valence-electron chi connectivity index (χ2n) is 7.60. The van der Waals surface area contributed by atoms with Crippen molar-refractivity contribution in [1.82, 2.24) is 4.90 Å². The molecule has 0 amide bonds. The van der Waals surface area contributed by atoms with Gasteiger partial charge in [-0.25, -0.2) is 4.79 Å². The van der Waals surface area contributed by atoms with Crippen LogP contribution in [0.4, 0.5) is 0 Å². The highest BCUT2D eigenvalue weighted by molar-refractivity contribution is 6.14. The molecular weight excluding hydrogens is 402 g/mol. The lowest BCUT2D eigenvalue weighted by Crippen LogP contribution is -2.33. The Morgan fingerprint density at radius 2 is 1.57 bits per heavy atom. The van der Waals surface area contributed by atoms with Crippen LogP contribution in [0.1, 0.15) is 59.4 Å². The van der Waals surface area contributed by atoms with E-state index in [0.717, 1.165) is 25.4 Å². The van der Waals surface area contributed by atoms with E-state index >= 15 is 0 Å². The topological polar surface area (TPSA) is 55.8 Å². The maximum Gasteiger partial charge on any atom is 0.339 e. The van der Waals surface area contributed by atoms with Gasteiger partial charge in [0, 0.05) is 17.7 Å². The molecule has 30 heavy (non-hydrogen) atoms. The van der Waals surface area contributed by atoms with Crippen molar-refractivity contribution in [2.45, 2.75) is 39.2 Å². The number of likely N-dealkylation sites (tertiary alicyclic amines) is 1. The van der Waals surface area contributed by atoms with Crippen LogP contribution in [-0.2, 0) is 4.74 Å². The fourth-order valence-corrected chi connectivity index (χ4v) is 3.47. The minimum absolute atomic E-state index is 0. The van der Waals surface area contributed by atoms with Crippen LogP contribution < -0.4 is 4.74 Å². The molecule has 0 aliphatic carbocycles. The van der Waals surface area contributed by atoms with Gasteiger partial charge >= 0.3 is 5.97 Å². The Bertz CT molecular complexity index is 829. The van der Waals surface area contributed by atoms with Crippen LogP contribution in [0.25, 0.3) is 0 Å². The standard InChI is InChI=1S/C24H29NO4.ClH/c1-18(2)29-24(27)22-9-5-4-8-21(22)23(26)19-10-12-20(13-11-19)28-17-16-25-14-6-3-7-15-25;/h4-5,8-13,18H,3,6-7,14-17H2,1-2H3;1H. The van der Waals surface area contributed by atoms with Crippen LogP contribution in [0.3, 0.4) is 0 Å². The van der Waals surface area contributed by atoms with Crippen molar-refractivity contribution in [3.63, 3.8) is 0 Å². The Balaban J connectivity index is 0.00000320. The summed E-state index contributed by atoms with van der Waals surface area (Å²) in [6.07, 6.45) is 3.61. The van der Waals surface area contributed by atoms with Gasteiger partial charge in [-0.2, -0.15) is 0 Å². The summed E-state index contributed by atoms with van der Waals surface area (Å²) in [6.45, 7) is 7.42. The van der Waals surface area contributed by atoms with Crippen molar-refractivity contribution in [1.29, 1.82) is 0 Å². The zero-order valence-corrected chi connectivity index (χ0v) is 18.5. The fraction of sp³-hybridized carbons (Fsp3) is 0.417. The molecule has 0 saturated carbocycles. The number of rotatable bonds is 8. The number of halogens is 1. The lowest BCUT2D eigenvalue weighted by Gasteiger charge is -2.26. The highest BCUT2D eigenvalue weighted by Crippen LogP contribution is 2.19. The number of benzene rings is 2. The summed E-state index contributed by atoms with van der Waals surface area (Å²) in [7, 11) is 0. The molecule has 1 fully saturated rings. The van der Waals surface area contributed by atoms with Crippen molar-refractivity contribution in [2.24, 2.45) is 0 Å². The van der Waals surface area contributed by atoms with Gasteiger partial charge in [-0.3, -0.25) is 9.69 Å². The third-order valence-corrected chi connectivity index (χ3v) is 4.98. The van der Waals surface area contributed by atoms with Crippen LogP contribution in [0.2, 0.25) is 0 Å². The predicted molar refractivity (Wildman–Crippen MR) is 120 cm³/mol. The summed E-state index contributed by atoms with van der Waals surface area (Å²) in [4.78, 5) is 27.7. The first-order valence-corrected chi connectivity index (χ1v) is 10.3. The molecule has 1 aliphatic heterocycles. The van der Waals surface area contributed by atoms with Crippen molar-refractivity contribution in [3.05, 3.63) is 65.2 Å².